The number of hydrogen-bond acceptors (Lipinski definition) is 5. The Hall–Kier alpha value is -2.14. The van der Waals surface area contributed by atoms with Crippen molar-refractivity contribution < 1.29 is 31.1 Å². The molecule has 3 aliphatic rings. The molecule has 0 spiro atoms. The number of nitrogens with one attached hydrogen (secondary N) is 1. The summed E-state index contributed by atoms with van der Waals surface area (Å²) in [5.41, 5.74) is -0.339. The summed E-state index contributed by atoms with van der Waals surface area (Å²) in [6, 6.07) is 5.16. The van der Waals surface area contributed by atoms with Gasteiger partial charge in [0.2, 0.25) is 0 Å². The van der Waals surface area contributed by atoms with Gasteiger partial charge in [0.05, 0.1) is 28.4 Å². The molecule has 2 unspecified atom stereocenters. The smallest absolute Gasteiger partial charge is 0.255 e. The third kappa shape index (κ3) is 4.76. The van der Waals surface area contributed by atoms with E-state index < -0.39 is 38.4 Å². The Kier molecular flexibility index (Phi) is 7.06. The molecule has 6 nitrogen and oxygen atoms in total. The van der Waals surface area contributed by atoms with Gasteiger partial charge in [-0.15, -0.1) is 0 Å². The normalized spacial score (nSPS) is 26.3. The number of carbonyl (C=O) groups is 1. The molecule has 2 saturated carbocycles. The van der Waals surface area contributed by atoms with Gasteiger partial charge in [0, 0.05) is 43.0 Å². The van der Waals surface area contributed by atoms with Gasteiger partial charge in [-0.1, -0.05) is 11.6 Å². The van der Waals surface area contributed by atoms with Gasteiger partial charge in [0.1, 0.15) is 0 Å². The molecular weight excluding hydrogens is 517 g/mol. The average Bonchev–Trinajstić information content (AvgIpc) is 3.42. The second kappa shape index (κ2) is 9.96. The van der Waals surface area contributed by atoms with Crippen LogP contribution in [-0.2, 0) is 14.6 Å². The van der Waals surface area contributed by atoms with E-state index >= 15 is 0 Å². The first kappa shape index (κ1) is 25.5. The number of sulfone groups is 1. The summed E-state index contributed by atoms with van der Waals surface area (Å²) in [5.74, 6) is -5.03. The molecule has 1 aliphatic heterocycles. The van der Waals surface area contributed by atoms with Crippen molar-refractivity contribution in [3.05, 3.63) is 58.4 Å². The first-order valence-corrected chi connectivity index (χ1v) is 13.9. The van der Waals surface area contributed by atoms with Crippen molar-refractivity contribution in [1.29, 1.82) is 0 Å². The molecule has 2 aromatic rings. The Morgan fingerprint density at radius 3 is 2.47 bits per heavy atom. The van der Waals surface area contributed by atoms with Gasteiger partial charge in [-0.2, -0.15) is 0 Å². The van der Waals surface area contributed by atoms with E-state index in [0.29, 0.717) is 25.3 Å². The van der Waals surface area contributed by atoms with E-state index in [2.05, 4.69) is 10.2 Å². The Morgan fingerprint density at radius 2 is 1.78 bits per heavy atom. The van der Waals surface area contributed by atoms with E-state index in [4.69, 9.17) is 16.3 Å². The third-order valence-electron chi connectivity index (χ3n) is 7.66. The number of carbonyl (C=O) groups excluding carboxylic acids is 1. The highest BCUT2D eigenvalue weighted by Crippen LogP contribution is 2.53. The molecule has 0 aromatic heterocycles. The van der Waals surface area contributed by atoms with Crippen LogP contribution in [0.5, 0.6) is 0 Å². The van der Waals surface area contributed by atoms with Crippen molar-refractivity contribution in [3.63, 3.8) is 0 Å². The van der Waals surface area contributed by atoms with Crippen LogP contribution < -0.4 is 5.32 Å². The fourth-order valence-corrected chi connectivity index (χ4v) is 8.99. The summed E-state index contributed by atoms with van der Waals surface area (Å²) in [5, 5.41) is 1.72. The average molecular weight is 543 g/mol. The number of morpholine rings is 1. The lowest BCUT2D eigenvalue weighted by Gasteiger charge is -2.32. The maximum absolute atomic E-state index is 13.8. The van der Waals surface area contributed by atoms with Crippen LogP contribution >= 0.6 is 11.6 Å². The van der Waals surface area contributed by atoms with Crippen LogP contribution in [0.25, 0.3) is 0 Å². The van der Waals surface area contributed by atoms with E-state index in [1.165, 1.54) is 18.2 Å². The van der Waals surface area contributed by atoms with Gasteiger partial charge in [0.25, 0.3) is 5.91 Å². The highest BCUT2D eigenvalue weighted by Gasteiger charge is 2.54. The van der Waals surface area contributed by atoms with E-state index in [1.54, 1.807) is 0 Å². The number of amides is 1. The standard InChI is InChI=1S/C25H26ClF3N2O4S/c26-19-4-2-15(25(32)30-17-11-20(27)23(29)21(28)12-17)10-22(19)36(33,34)24-14-1-3-18(24)16(9-14)13-31-5-7-35-8-6-31/h2,4,10-12,14,16,18,24H,1,3,5-9,13H2,(H,30,32)/t14?,16-,18?,24-/m1/s1. The number of benzene rings is 2. The number of ether oxygens (including phenoxy) is 1. The minimum absolute atomic E-state index is 0.0152. The molecule has 2 aliphatic carbocycles. The summed E-state index contributed by atoms with van der Waals surface area (Å²) in [4.78, 5) is 15.0. The molecule has 11 heteroatoms. The van der Waals surface area contributed by atoms with Crippen molar-refractivity contribution in [2.24, 2.45) is 17.8 Å². The van der Waals surface area contributed by atoms with Crippen LogP contribution in [0.15, 0.2) is 35.2 Å². The Balaban J connectivity index is 1.37. The van der Waals surface area contributed by atoms with Crippen molar-refractivity contribution in [3.8, 4) is 0 Å². The summed E-state index contributed by atoms with van der Waals surface area (Å²) in [6.45, 7) is 3.90. The van der Waals surface area contributed by atoms with Crippen LogP contribution in [0.4, 0.5) is 18.9 Å². The molecule has 1 amide bonds. The second-order valence-electron chi connectivity index (χ2n) is 9.77. The maximum Gasteiger partial charge on any atom is 0.255 e. The van der Waals surface area contributed by atoms with Crippen LogP contribution in [0, 0.1) is 35.2 Å². The van der Waals surface area contributed by atoms with Crippen LogP contribution in [-0.4, -0.2) is 57.3 Å². The number of hydrogen-bond donors (Lipinski definition) is 1. The van der Waals surface area contributed by atoms with Gasteiger partial charge in [-0.25, -0.2) is 21.6 Å². The zero-order valence-electron chi connectivity index (χ0n) is 19.4. The molecular formula is C25H26ClF3N2O4S. The monoisotopic (exact) mass is 542 g/mol. The SMILES string of the molecule is O=C(Nc1cc(F)c(F)c(F)c1)c1ccc(Cl)c(S(=O)(=O)[C@@H]2C3CCC2[C@@H](CN2CCOCC2)C3)c1. The molecule has 1 N–H and O–H groups in total. The molecule has 2 aromatic carbocycles. The Bertz CT molecular complexity index is 1260. The lowest BCUT2D eigenvalue weighted by Crippen LogP contribution is -2.41. The number of halogens is 4. The van der Waals surface area contributed by atoms with Crippen molar-refractivity contribution >= 4 is 33.0 Å². The third-order valence-corrected chi connectivity index (χ3v) is 10.5. The van der Waals surface area contributed by atoms with Gasteiger partial charge < -0.3 is 10.1 Å². The molecule has 1 heterocycles. The topological polar surface area (TPSA) is 75.7 Å². The zero-order chi connectivity index (χ0) is 25.6. The van der Waals surface area contributed by atoms with E-state index in [1.807, 2.05) is 0 Å². The quantitative estimate of drug-likeness (QED) is 0.543. The Morgan fingerprint density at radius 1 is 1.08 bits per heavy atom. The molecule has 194 valence electrons. The number of nitrogens with zero attached hydrogens (tertiary/aromatic N) is 1. The second-order valence-corrected chi connectivity index (χ2v) is 12.3. The molecule has 3 fully saturated rings. The maximum atomic E-state index is 13.8. The predicted molar refractivity (Wildman–Crippen MR) is 128 cm³/mol. The largest absolute Gasteiger partial charge is 0.379 e. The van der Waals surface area contributed by atoms with Gasteiger partial charge in [-0.3, -0.25) is 9.69 Å². The molecule has 1 saturated heterocycles. The zero-order valence-corrected chi connectivity index (χ0v) is 20.9. The number of fused-ring (bicyclic) bond motifs is 2. The summed E-state index contributed by atoms with van der Waals surface area (Å²) in [6.07, 6.45) is 2.52. The minimum atomic E-state index is -3.85. The van der Waals surface area contributed by atoms with Crippen molar-refractivity contribution in [2.45, 2.75) is 29.4 Å². The van der Waals surface area contributed by atoms with Crippen LogP contribution in [0.3, 0.4) is 0 Å². The lowest BCUT2D eigenvalue weighted by molar-refractivity contribution is 0.0263. The van der Waals surface area contributed by atoms with Gasteiger partial charge in [-0.05, 0) is 55.2 Å². The first-order chi connectivity index (χ1) is 17.1. The van der Waals surface area contributed by atoms with Crippen LogP contribution in [0.2, 0.25) is 5.02 Å². The van der Waals surface area contributed by atoms with Crippen molar-refractivity contribution in [2.75, 3.05) is 38.2 Å². The van der Waals surface area contributed by atoms with Gasteiger partial charge >= 0.3 is 0 Å². The fraction of sp³-hybridized carbons (Fsp3) is 0.480. The summed E-state index contributed by atoms with van der Waals surface area (Å²) >= 11 is 6.32. The van der Waals surface area contributed by atoms with Gasteiger partial charge in [0.15, 0.2) is 27.3 Å². The first-order valence-electron chi connectivity index (χ1n) is 11.9. The Labute approximate surface area is 212 Å². The summed E-state index contributed by atoms with van der Waals surface area (Å²) in [7, 11) is -3.85. The number of rotatable bonds is 6. The van der Waals surface area contributed by atoms with E-state index in [0.717, 1.165) is 38.9 Å². The molecule has 4 atom stereocenters. The van der Waals surface area contributed by atoms with Crippen LogP contribution in [0.1, 0.15) is 29.6 Å². The highest BCUT2D eigenvalue weighted by atomic mass is 35.5. The molecule has 0 radical (unpaired) electrons. The lowest BCUT2D eigenvalue weighted by atomic mass is 9.88. The minimum Gasteiger partial charge on any atom is -0.379 e. The molecule has 36 heavy (non-hydrogen) atoms. The number of anilines is 1. The fourth-order valence-electron chi connectivity index (χ4n) is 6.05. The predicted octanol–water partition coefficient (Wildman–Crippen LogP) is 4.53. The molecule has 5 rings (SSSR count). The molecule has 2 bridgehead atoms. The van der Waals surface area contributed by atoms with E-state index in [-0.39, 0.29) is 38.9 Å². The highest BCUT2D eigenvalue weighted by molar-refractivity contribution is 7.92. The van der Waals surface area contributed by atoms with E-state index in [9.17, 15) is 26.4 Å². The van der Waals surface area contributed by atoms with Crippen molar-refractivity contribution in [1.82, 2.24) is 4.90 Å². The summed E-state index contributed by atoms with van der Waals surface area (Å²) < 4.78 is 73.3.